The Morgan fingerprint density at radius 1 is 1.00 bits per heavy atom. The van der Waals surface area contributed by atoms with Crippen molar-refractivity contribution >= 4 is 17.9 Å². The lowest BCUT2D eigenvalue weighted by atomic mass is 9.87. The molecule has 0 aliphatic rings. The Bertz CT molecular complexity index is 1070. The molecule has 0 saturated carbocycles. The third-order valence-electron chi connectivity index (χ3n) is 4.94. The first-order chi connectivity index (χ1) is 15.3. The summed E-state index contributed by atoms with van der Waals surface area (Å²) in [7, 11) is 1.59. The first kappa shape index (κ1) is 22.9. The van der Waals surface area contributed by atoms with Gasteiger partial charge < -0.3 is 19.8 Å². The molecule has 0 aliphatic carbocycles. The number of rotatable bonds is 7. The Labute approximate surface area is 188 Å². The molecule has 2 N–H and O–H groups in total. The molecular weight excluding hydrogens is 404 g/mol. The van der Waals surface area contributed by atoms with E-state index in [0.717, 1.165) is 11.1 Å². The molecule has 166 valence electrons. The standard InChI is InChI=1S/C26H28N2O4/c1-26(2,3)20-11-9-19(10-12-20)24(29)28-23(16-18-7-13-21(31-4)14-8-18)25(30)27-17-22-6-5-15-32-22/h5-16H,17H2,1-4H3,(H,27,30)(H,28,29)/b23-16+. The number of furan rings is 1. The van der Waals surface area contributed by atoms with Crippen molar-refractivity contribution in [2.45, 2.75) is 32.7 Å². The van der Waals surface area contributed by atoms with Gasteiger partial charge in [-0.15, -0.1) is 0 Å². The molecule has 2 amide bonds. The molecule has 32 heavy (non-hydrogen) atoms. The summed E-state index contributed by atoms with van der Waals surface area (Å²) in [5.74, 6) is 0.537. The molecular formula is C26H28N2O4. The number of carbonyl (C=O) groups is 2. The molecule has 6 nitrogen and oxygen atoms in total. The average molecular weight is 433 g/mol. The highest BCUT2D eigenvalue weighted by Gasteiger charge is 2.17. The highest BCUT2D eigenvalue weighted by Crippen LogP contribution is 2.22. The fraction of sp³-hybridized carbons (Fsp3) is 0.231. The highest BCUT2D eigenvalue weighted by molar-refractivity contribution is 6.05. The molecule has 6 heteroatoms. The number of amides is 2. The maximum atomic E-state index is 12.9. The first-order valence-corrected chi connectivity index (χ1v) is 10.3. The maximum absolute atomic E-state index is 12.9. The van der Waals surface area contributed by atoms with Gasteiger partial charge in [0.2, 0.25) is 0 Å². The second kappa shape index (κ2) is 10.0. The van der Waals surface area contributed by atoms with Gasteiger partial charge in [-0.1, -0.05) is 45.0 Å². The summed E-state index contributed by atoms with van der Waals surface area (Å²) in [6.45, 7) is 6.55. The molecule has 0 saturated heterocycles. The van der Waals surface area contributed by atoms with Gasteiger partial charge in [0.05, 0.1) is 19.9 Å². The van der Waals surface area contributed by atoms with Crippen LogP contribution in [0.1, 0.15) is 48.0 Å². The minimum absolute atomic E-state index is 0.0137. The number of methoxy groups -OCH3 is 1. The quantitative estimate of drug-likeness (QED) is 0.532. The van der Waals surface area contributed by atoms with Gasteiger partial charge in [-0.25, -0.2) is 0 Å². The number of benzene rings is 2. The van der Waals surface area contributed by atoms with E-state index in [-0.39, 0.29) is 23.6 Å². The minimum Gasteiger partial charge on any atom is -0.497 e. The van der Waals surface area contributed by atoms with Crippen molar-refractivity contribution in [1.82, 2.24) is 10.6 Å². The predicted octanol–water partition coefficient (Wildman–Crippen LogP) is 4.67. The molecule has 3 rings (SSSR count). The average Bonchev–Trinajstić information content (AvgIpc) is 3.30. The van der Waals surface area contributed by atoms with Gasteiger partial charge in [0.1, 0.15) is 17.2 Å². The van der Waals surface area contributed by atoms with Crippen molar-refractivity contribution in [2.24, 2.45) is 0 Å². The van der Waals surface area contributed by atoms with E-state index >= 15 is 0 Å². The molecule has 0 unspecified atom stereocenters. The summed E-state index contributed by atoms with van der Waals surface area (Å²) in [6, 6.07) is 18.1. The summed E-state index contributed by atoms with van der Waals surface area (Å²) < 4.78 is 10.4. The fourth-order valence-electron chi connectivity index (χ4n) is 3.02. The van der Waals surface area contributed by atoms with E-state index in [4.69, 9.17) is 9.15 Å². The van der Waals surface area contributed by atoms with Crippen LogP contribution in [0.3, 0.4) is 0 Å². The van der Waals surface area contributed by atoms with Crippen LogP contribution in [-0.2, 0) is 16.8 Å². The van der Waals surface area contributed by atoms with Crippen molar-refractivity contribution in [2.75, 3.05) is 7.11 Å². The van der Waals surface area contributed by atoms with Gasteiger partial charge in [-0.2, -0.15) is 0 Å². The molecule has 0 bridgehead atoms. The van der Waals surface area contributed by atoms with Crippen molar-refractivity contribution < 1.29 is 18.7 Å². The lowest BCUT2D eigenvalue weighted by Crippen LogP contribution is -2.34. The number of hydrogen-bond donors (Lipinski definition) is 2. The summed E-state index contributed by atoms with van der Waals surface area (Å²) in [5, 5.41) is 5.52. The molecule has 0 fully saturated rings. The Kier molecular flexibility index (Phi) is 7.15. The van der Waals surface area contributed by atoms with Crippen LogP contribution in [0.4, 0.5) is 0 Å². The predicted molar refractivity (Wildman–Crippen MR) is 124 cm³/mol. The van der Waals surface area contributed by atoms with E-state index in [0.29, 0.717) is 17.1 Å². The Balaban J connectivity index is 1.81. The minimum atomic E-state index is -0.420. The number of carbonyl (C=O) groups excluding carboxylic acids is 2. The molecule has 3 aromatic rings. The first-order valence-electron chi connectivity index (χ1n) is 10.3. The zero-order chi connectivity index (χ0) is 23.1. The SMILES string of the molecule is COc1ccc(/C=C(/NC(=O)c2ccc(C(C)(C)C)cc2)C(=O)NCc2ccco2)cc1. The van der Waals surface area contributed by atoms with Gasteiger partial charge in [0, 0.05) is 5.56 Å². The van der Waals surface area contributed by atoms with E-state index < -0.39 is 5.91 Å². The lowest BCUT2D eigenvalue weighted by molar-refractivity contribution is -0.118. The Morgan fingerprint density at radius 3 is 2.25 bits per heavy atom. The largest absolute Gasteiger partial charge is 0.497 e. The summed E-state index contributed by atoms with van der Waals surface area (Å²) >= 11 is 0. The van der Waals surface area contributed by atoms with E-state index in [1.54, 1.807) is 55.8 Å². The molecule has 1 aromatic heterocycles. The van der Waals surface area contributed by atoms with Gasteiger partial charge in [0.15, 0.2) is 0 Å². The van der Waals surface area contributed by atoms with Crippen LogP contribution in [-0.4, -0.2) is 18.9 Å². The fourth-order valence-corrected chi connectivity index (χ4v) is 3.02. The molecule has 0 aliphatic heterocycles. The Hall–Kier alpha value is -3.80. The summed E-state index contributed by atoms with van der Waals surface area (Å²) in [5.41, 5.74) is 2.46. The van der Waals surface area contributed by atoms with Crippen LogP contribution in [0, 0.1) is 0 Å². The zero-order valence-electron chi connectivity index (χ0n) is 18.8. The summed E-state index contributed by atoms with van der Waals surface area (Å²) in [6.07, 6.45) is 3.16. The van der Waals surface area contributed by atoms with Crippen molar-refractivity contribution in [1.29, 1.82) is 0 Å². The van der Waals surface area contributed by atoms with Crippen LogP contribution in [0.15, 0.2) is 77.0 Å². The monoisotopic (exact) mass is 432 g/mol. The van der Waals surface area contributed by atoms with Crippen LogP contribution in [0.5, 0.6) is 5.75 Å². The zero-order valence-corrected chi connectivity index (χ0v) is 18.8. The molecule has 0 spiro atoms. The third kappa shape index (κ3) is 6.11. The van der Waals surface area contributed by atoms with Crippen LogP contribution in [0.25, 0.3) is 6.08 Å². The van der Waals surface area contributed by atoms with Crippen molar-refractivity contribution in [3.8, 4) is 5.75 Å². The van der Waals surface area contributed by atoms with E-state index in [9.17, 15) is 9.59 Å². The molecule has 0 radical (unpaired) electrons. The third-order valence-corrected chi connectivity index (χ3v) is 4.94. The van der Waals surface area contributed by atoms with Crippen LogP contribution >= 0.6 is 0 Å². The number of ether oxygens (including phenoxy) is 1. The topological polar surface area (TPSA) is 80.6 Å². The van der Waals surface area contributed by atoms with E-state index in [2.05, 4.69) is 31.4 Å². The summed E-state index contributed by atoms with van der Waals surface area (Å²) in [4.78, 5) is 25.7. The van der Waals surface area contributed by atoms with Gasteiger partial charge in [0.25, 0.3) is 11.8 Å². The van der Waals surface area contributed by atoms with Gasteiger partial charge in [-0.05, 0) is 59.0 Å². The lowest BCUT2D eigenvalue weighted by Gasteiger charge is -2.19. The number of nitrogens with one attached hydrogen (secondary N) is 2. The van der Waals surface area contributed by atoms with Crippen molar-refractivity contribution in [3.63, 3.8) is 0 Å². The second-order valence-corrected chi connectivity index (χ2v) is 8.37. The van der Waals surface area contributed by atoms with Crippen LogP contribution in [0.2, 0.25) is 0 Å². The maximum Gasteiger partial charge on any atom is 0.268 e. The molecule has 0 atom stereocenters. The van der Waals surface area contributed by atoms with Gasteiger partial charge in [-0.3, -0.25) is 9.59 Å². The van der Waals surface area contributed by atoms with Crippen molar-refractivity contribution in [3.05, 3.63) is 95.1 Å². The number of hydrogen-bond acceptors (Lipinski definition) is 4. The molecule has 1 heterocycles. The normalized spacial score (nSPS) is 11.7. The smallest absolute Gasteiger partial charge is 0.268 e. The van der Waals surface area contributed by atoms with E-state index in [1.807, 2.05) is 24.3 Å². The van der Waals surface area contributed by atoms with Crippen LogP contribution < -0.4 is 15.4 Å². The Morgan fingerprint density at radius 2 is 1.69 bits per heavy atom. The van der Waals surface area contributed by atoms with E-state index in [1.165, 1.54) is 0 Å². The second-order valence-electron chi connectivity index (χ2n) is 8.37. The molecule has 2 aromatic carbocycles. The van der Waals surface area contributed by atoms with Gasteiger partial charge >= 0.3 is 0 Å². The highest BCUT2D eigenvalue weighted by atomic mass is 16.5.